The molecule has 11 heavy (non-hydrogen) atoms. The number of nitrogens with zero attached hydrogens (tertiary/aromatic N) is 1. The van der Waals surface area contributed by atoms with Crippen molar-refractivity contribution >= 4 is 28.6 Å². The summed E-state index contributed by atoms with van der Waals surface area (Å²) in [6.07, 6.45) is 0. The van der Waals surface area contributed by atoms with Crippen LogP contribution in [-0.2, 0) is 0 Å². The summed E-state index contributed by atoms with van der Waals surface area (Å²) in [5.41, 5.74) is 2.65. The van der Waals surface area contributed by atoms with Gasteiger partial charge in [0.1, 0.15) is 0 Å². The van der Waals surface area contributed by atoms with Crippen molar-refractivity contribution in [3.8, 4) is 0 Å². The Labute approximate surface area is 81.9 Å². The van der Waals surface area contributed by atoms with Crippen LogP contribution in [0, 0.1) is 6.92 Å². The topological polar surface area (TPSA) is 3.24 Å². The summed E-state index contributed by atoms with van der Waals surface area (Å²) >= 11 is 2.33. The van der Waals surface area contributed by atoms with Gasteiger partial charge in [-0.3, -0.25) is 0 Å². The molecule has 0 bridgehead atoms. The second-order valence-electron chi connectivity index (χ2n) is 2.46. The molecule has 0 aromatic heterocycles. The van der Waals surface area contributed by atoms with Crippen molar-refractivity contribution in [3.05, 3.63) is 29.8 Å². The summed E-state index contributed by atoms with van der Waals surface area (Å²) in [6, 6.07) is 8.42. The second-order valence-corrected chi connectivity index (χ2v) is 3.63. The molecule has 0 amide bonds. The fourth-order valence-corrected chi connectivity index (χ4v) is 1.55. The van der Waals surface area contributed by atoms with E-state index in [0.29, 0.717) is 0 Å². The van der Waals surface area contributed by atoms with Crippen molar-refractivity contribution in [1.29, 1.82) is 0 Å². The minimum atomic E-state index is 1.05. The molecule has 0 aliphatic heterocycles. The summed E-state index contributed by atoms with van der Waals surface area (Å²) in [5.74, 6) is 0. The number of hydrogen-bond acceptors (Lipinski definition) is 1. The number of benzene rings is 1. The van der Waals surface area contributed by atoms with Gasteiger partial charge in [0.15, 0.2) is 0 Å². The Bertz CT molecular complexity index is 235. The van der Waals surface area contributed by atoms with Crippen LogP contribution in [0.5, 0.6) is 0 Å². The molecule has 1 nitrogen and oxygen atoms in total. The molecule has 0 saturated carbocycles. The van der Waals surface area contributed by atoms with Crippen molar-refractivity contribution in [3.63, 3.8) is 0 Å². The molecule has 0 N–H and O–H groups in total. The first-order chi connectivity index (χ1) is 5.25. The number of aryl methyl sites for hydroxylation is 1. The van der Waals surface area contributed by atoms with Crippen LogP contribution in [0.25, 0.3) is 0 Å². The van der Waals surface area contributed by atoms with Gasteiger partial charge in [-0.2, -0.15) is 0 Å². The van der Waals surface area contributed by atoms with Gasteiger partial charge in [0.25, 0.3) is 0 Å². The van der Waals surface area contributed by atoms with E-state index in [1.54, 1.807) is 0 Å². The highest BCUT2D eigenvalue weighted by Gasteiger charge is 2.00. The monoisotopic (exact) mass is 261 g/mol. The predicted octanol–water partition coefficient (Wildman–Crippen LogP) is 3.17. The quantitative estimate of drug-likeness (QED) is 0.583. The van der Waals surface area contributed by atoms with Gasteiger partial charge < -0.3 is 3.11 Å². The van der Waals surface area contributed by atoms with E-state index >= 15 is 0 Å². The Morgan fingerprint density at radius 3 is 2.55 bits per heavy atom. The lowest BCUT2D eigenvalue weighted by Crippen LogP contribution is -2.08. The Kier molecular flexibility index (Phi) is 3.17. The van der Waals surface area contributed by atoms with Crippen LogP contribution in [0.3, 0.4) is 0 Å². The third-order valence-electron chi connectivity index (χ3n) is 1.65. The van der Waals surface area contributed by atoms with Gasteiger partial charge in [0.2, 0.25) is 0 Å². The first-order valence-electron chi connectivity index (χ1n) is 3.74. The van der Waals surface area contributed by atoms with Crippen molar-refractivity contribution < 1.29 is 0 Å². The minimum absolute atomic E-state index is 1.05. The number of halogens is 1. The highest BCUT2D eigenvalue weighted by Crippen LogP contribution is 2.21. The molecule has 2 heteroatoms. The molecule has 0 atom stereocenters. The van der Waals surface area contributed by atoms with Gasteiger partial charge in [-0.15, -0.1) is 0 Å². The van der Waals surface area contributed by atoms with Crippen LogP contribution in [-0.4, -0.2) is 6.54 Å². The number of rotatable bonds is 2. The molecule has 60 valence electrons. The lowest BCUT2D eigenvalue weighted by molar-refractivity contribution is 1.13. The van der Waals surface area contributed by atoms with Crippen LogP contribution < -0.4 is 3.11 Å². The van der Waals surface area contributed by atoms with Crippen molar-refractivity contribution in [2.45, 2.75) is 13.8 Å². The molecule has 1 aromatic carbocycles. The molecule has 0 saturated heterocycles. The summed E-state index contributed by atoms with van der Waals surface area (Å²) in [4.78, 5) is 0. The Morgan fingerprint density at radius 2 is 2.00 bits per heavy atom. The van der Waals surface area contributed by atoms with Crippen LogP contribution in [0.2, 0.25) is 0 Å². The summed E-state index contributed by atoms with van der Waals surface area (Å²) < 4.78 is 2.22. The number of hydrogen-bond donors (Lipinski definition) is 0. The zero-order chi connectivity index (χ0) is 8.27. The van der Waals surface area contributed by atoms with Gasteiger partial charge in [-0.1, -0.05) is 18.2 Å². The first kappa shape index (κ1) is 8.84. The number of anilines is 1. The summed E-state index contributed by atoms with van der Waals surface area (Å²) in [7, 11) is 0. The second kappa shape index (κ2) is 3.95. The molecule has 0 spiro atoms. The van der Waals surface area contributed by atoms with E-state index in [-0.39, 0.29) is 0 Å². The van der Waals surface area contributed by atoms with Gasteiger partial charge >= 0.3 is 0 Å². The zero-order valence-electron chi connectivity index (χ0n) is 6.84. The molecule has 0 aliphatic carbocycles. The zero-order valence-corrected chi connectivity index (χ0v) is 9.00. The number of para-hydroxylation sites is 1. The van der Waals surface area contributed by atoms with Crippen LogP contribution in [0.15, 0.2) is 24.3 Å². The fraction of sp³-hybridized carbons (Fsp3) is 0.333. The van der Waals surface area contributed by atoms with E-state index in [0.717, 1.165) is 6.54 Å². The third kappa shape index (κ3) is 2.09. The minimum Gasteiger partial charge on any atom is -0.315 e. The maximum atomic E-state index is 2.33. The molecule has 0 aliphatic rings. The first-order valence-corrected chi connectivity index (χ1v) is 4.71. The van der Waals surface area contributed by atoms with Crippen LogP contribution >= 0.6 is 22.9 Å². The van der Waals surface area contributed by atoms with E-state index in [9.17, 15) is 0 Å². The van der Waals surface area contributed by atoms with Crippen molar-refractivity contribution in [2.75, 3.05) is 9.66 Å². The lowest BCUT2D eigenvalue weighted by atomic mass is 10.2. The van der Waals surface area contributed by atoms with Crippen molar-refractivity contribution in [2.24, 2.45) is 0 Å². The predicted molar refractivity (Wildman–Crippen MR) is 58.2 cm³/mol. The van der Waals surface area contributed by atoms with E-state index < -0.39 is 0 Å². The molecular formula is C9H12IN. The Morgan fingerprint density at radius 1 is 1.36 bits per heavy atom. The molecule has 0 heterocycles. The molecule has 1 aromatic rings. The van der Waals surface area contributed by atoms with Gasteiger partial charge in [0, 0.05) is 12.2 Å². The van der Waals surface area contributed by atoms with Gasteiger partial charge in [-0.05, 0) is 25.5 Å². The van der Waals surface area contributed by atoms with E-state index in [1.807, 2.05) is 0 Å². The van der Waals surface area contributed by atoms with Crippen molar-refractivity contribution in [1.82, 2.24) is 0 Å². The smallest absolute Gasteiger partial charge is 0.0591 e. The van der Waals surface area contributed by atoms with Crippen LogP contribution in [0.4, 0.5) is 5.69 Å². The third-order valence-corrected chi connectivity index (χ3v) is 2.86. The largest absolute Gasteiger partial charge is 0.315 e. The maximum absolute atomic E-state index is 2.33. The molecule has 0 radical (unpaired) electrons. The Hall–Kier alpha value is -0.250. The van der Waals surface area contributed by atoms with Gasteiger partial charge in [0.05, 0.1) is 22.9 Å². The average molecular weight is 261 g/mol. The normalized spacial score (nSPS) is 9.73. The average Bonchev–Trinajstić information content (AvgIpc) is 2.04. The molecular weight excluding hydrogens is 249 g/mol. The molecule has 0 unspecified atom stereocenters. The summed E-state index contributed by atoms with van der Waals surface area (Å²) in [6.45, 7) is 5.33. The van der Waals surface area contributed by atoms with Gasteiger partial charge in [-0.25, -0.2) is 0 Å². The van der Waals surface area contributed by atoms with Crippen LogP contribution in [0.1, 0.15) is 12.5 Å². The molecule has 0 fully saturated rings. The standard InChI is InChI=1S/C9H12IN/c1-3-11(10)9-7-5-4-6-8(9)2/h4-7H,3H2,1-2H3. The summed E-state index contributed by atoms with van der Waals surface area (Å²) in [5, 5.41) is 0. The SMILES string of the molecule is CCN(I)c1ccccc1C. The molecule has 1 rings (SSSR count). The fourth-order valence-electron chi connectivity index (χ4n) is 1.01. The Balaban J connectivity index is 2.93. The van der Waals surface area contributed by atoms with E-state index in [2.05, 4.69) is 64.1 Å². The van der Waals surface area contributed by atoms with E-state index in [1.165, 1.54) is 11.3 Å². The lowest BCUT2D eigenvalue weighted by Gasteiger charge is -2.15. The highest BCUT2D eigenvalue weighted by molar-refractivity contribution is 14.1. The maximum Gasteiger partial charge on any atom is 0.0591 e. The van der Waals surface area contributed by atoms with E-state index in [4.69, 9.17) is 0 Å². The highest BCUT2D eigenvalue weighted by atomic mass is 127.